The van der Waals surface area contributed by atoms with E-state index in [0.29, 0.717) is 43.5 Å². The molecule has 170 valence electrons. The number of carbonyl (C=O) groups excluding carboxylic acids is 1. The van der Waals surface area contributed by atoms with E-state index in [4.69, 9.17) is 5.73 Å². The van der Waals surface area contributed by atoms with Crippen molar-refractivity contribution in [1.82, 2.24) is 19.7 Å². The molecule has 0 aliphatic heterocycles. The molecule has 3 N–H and O–H groups in total. The van der Waals surface area contributed by atoms with E-state index in [9.17, 15) is 9.59 Å². The number of pyridine rings is 1. The first kappa shape index (κ1) is 26.7. The zero-order valence-corrected chi connectivity index (χ0v) is 19.8. The number of nitrogens with zero attached hydrogens (tertiary/aromatic N) is 3. The van der Waals surface area contributed by atoms with Crippen LogP contribution in [0.5, 0.6) is 0 Å². The molecule has 0 aliphatic rings. The highest BCUT2D eigenvalue weighted by molar-refractivity contribution is 5.85. The first-order valence-corrected chi connectivity index (χ1v) is 9.99. The van der Waals surface area contributed by atoms with Gasteiger partial charge in [0.25, 0.3) is 5.56 Å². The number of benzene rings is 1. The maximum absolute atomic E-state index is 12.9. The van der Waals surface area contributed by atoms with E-state index >= 15 is 0 Å². The molecule has 0 radical (unpaired) electrons. The van der Waals surface area contributed by atoms with Gasteiger partial charge in [-0.1, -0.05) is 30.3 Å². The Morgan fingerprint density at radius 1 is 1.13 bits per heavy atom. The van der Waals surface area contributed by atoms with Gasteiger partial charge in [0.2, 0.25) is 5.91 Å². The van der Waals surface area contributed by atoms with Gasteiger partial charge in [-0.3, -0.25) is 19.4 Å². The van der Waals surface area contributed by atoms with Gasteiger partial charge in [-0.2, -0.15) is 0 Å². The van der Waals surface area contributed by atoms with Gasteiger partial charge in [0.15, 0.2) is 5.65 Å². The lowest BCUT2D eigenvalue weighted by Crippen LogP contribution is -2.37. The number of halogens is 2. The van der Waals surface area contributed by atoms with Crippen molar-refractivity contribution in [2.75, 3.05) is 19.6 Å². The lowest BCUT2D eigenvalue weighted by molar-refractivity contribution is -0.131. The van der Waals surface area contributed by atoms with Crippen LogP contribution in [0.15, 0.2) is 35.1 Å². The second-order valence-electron chi connectivity index (χ2n) is 7.40. The molecule has 3 rings (SSSR count). The number of hydrogen-bond donors (Lipinski definition) is 2. The molecular weight excluding hydrogens is 437 g/mol. The number of aromatic amines is 1. The minimum atomic E-state index is -0.146. The lowest BCUT2D eigenvalue weighted by atomic mass is 10.00. The number of fused-ring (bicyclic) bond motifs is 1. The second kappa shape index (κ2) is 11.9. The van der Waals surface area contributed by atoms with Crippen molar-refractivity contribution >= 4 is 41.8 Å². The number of aryl methyl sites for hydroxylation is 3. The van der Waals surface area contributed by atoms with Crippen LogP contribution in [0.1, 0.15) is 28.8 Å². The Kier molecular flexibility index (Phi) is 10.2. The van der Waals surface area contributed by atoms with E-state index in [2.05, 4.69) is 22.2 Å². The third-order valence-corrected chi connectivity index (χ3v) is 5.43. The summed E-state index contributed by atoms with van der Waals surface area (Å²) in [6.07, 6.45) is 1.73. The SMILES string of the molecule is Cc1nc2c(c(C)c1CCC(=O)N(CCN)CCc1ccccc1)c(=O)[nH]n2C.Cl.Cl. The van der Waals surface area contributed by atoms with E-state index in [1.807, 2.05) is 36.9 Å². The summed E-state index contributed by atoms with van der Waals surface area (Å²) >= 11 is 0. The Morgan fingerprint density at radius 3 is 2.45 bits per heavy atom. The Labute approximate surface area is 194 Å². The Morgan fingerprint density at radius 2 is 1.81 bits per heavy atom. The van der Waals surface area contributed by atoms with Crippen molar-refractivity contribution < 1.29 is 4.79 Å². The fraction of sp³-hybridized carbons (Fsp3) is 0.409. The van der Waals surface area contributed by atoms with Gasteiger partial charge in [0, 0.05) is 38.8 Å². The zero-order chi connectivity index (χ0) is 21.0. The maximum atomic E-state index is 12.9. The summed E-state index contributed by atoms with van der Waals surface area (Å²) in [5, 5.41) is 3.35. The fourth-order valence-corrected chi connectivity index (χ4v) is 3.83. The minimum Gasteiger partial charge on any atom is -0.341 e. The number of aromatic nitrogens is 3. The Balaban J connectivity index is 0.00000240. The van der Waals surface area contributed by atoms with Crippen LogP contribution in [-0.4, -0.2) is 45.2 Å². The number of carbonyl (C=O) groups is 1. The number of hydrogen-bond acceptors (Lipinski definition) is 4. The van der Waals surface area contributed by atoms with Crippen LogP contribution in [0.25, 0.3) is 11.0 Å². The molecule has 0 unspecified atom stereocenters. The van der Waals surface area contributed by atoms with Crippen LogP contribution in [0.4, 0.5) is 0 Å². The third kappa shape index (κ3) is 6.09. The zero-order valence-electron chi connectivity index (χ0n) is 18.2. The molecule has 3 aromatic rings. The molecular formula is C22H31Cl2N5O2. The highest BCUT2D eigenvalue weighted by Gasteiger charge is 2.18. The summed E-state index contributed by atoms with van der Waals surface area (Å²) in [4.78, 5) is 31.5. The first-order valence-electron chi connectivity index (χ1n) is 9.99. The molecule has 0 saturated heterocycles. The van der Waals surface area contributed by atoms with Crippen molar-refractivity contribution in [3.05, 3.63) is 63.1 Å². The van der Waals surface area contributed by atoms with Gasteiger partial charge in [-0.15, -0.1) is 24.8 Å². The molecule has 2 heterocycles. The summed E-state index contributed by atoms with van der Waals surface area (Å²) in [6.45, 7) is 5.48. The molecule has 1 aromatic carbocycles. The predicted molar refractivity (Wildman–Crippen MR) is 129 cm³/mol. The van der Waals surface area contributed by atoms with E-state index < -0.39 is 0 Å². The molecule has 0 atom stereocenters. The van der Waals surface area contributed by atoms with Crippen LogP contribution in [-0.2, 0) is 24.7 Å². The van der Waals surface area contributed by atoms with Crippen molar-refractivity contribution in [2.24, 2.45) is 12.8 Å². The van der Waals surface area contributed by atoms with Gasteiger partial charge >= 0.3 is 0 Å². The largest absolute Gasteiger partial charge is 0.341 e. The molecule has 0 bridgehead atoms. The second-order valence-corrected chi connectivity index (χ2v) is 7.40. The summed E-state index contributed by atoms with van der Waals surface area (Å²) in [5.41, 5.74) is 10.2. The van der Waals surface area contributed by atoms with E-state index in [1.165, 1.54) is 5.56 Å². The Hall–Kier alpha value is -2.35. The molecule has 0 spiro atoms. The molecule has 0 fully saturated rings. The summed E-state index contributed by atoms with van der Waals surface area (Å²) in [5.74, 6) is 0.0762. The topological polar surface area (TPSA) is 97.0 Å². The summed E-state index contributed by atoms with van der Waals surface area (Å²) in [7, 11) is 1.77. The smallest absolute Gasteiger partial charge is 0.273 e. The van der Waals surface area contributed by atoms with Crippen molar-refractivity contribution in [3.8, 4) is 0 Å². The number of nitrogens with one attached hydrogen (secondary N) is 1. The van der Waals surface area contributed by atoms with Gasteiger partial charge < -0.3 is 10.6 Å². The fourth-order valence-electron chi connectivity index (χ4n) is 3.83. The first-order chi connectivity index (χ1) is 13.9. The Bertz CT molecular complexity index is 1060. The van der Waals surface area contributed by atoms with Crippen molar-refractivity contribution in [1.29, 1.82) is 0 Å². The van der Waals surface area contributed by atoms with Crippen molar-refractivity contribution in [3.63, 3.8) is 0 Å². The normalized spacial score (nSPS) is 10.5. The van der Waals surface area contributed by atoms with E-state index in [1.54, 1.807) is 11.7 Å². The van der Waals surface area contributed by atoms with Crippen LogP contribution in [0.2, 0.25) is 0 Å². The average molecular weight is 468 g/mol. The standard InChI is InChI=1S/C22H29N5O2.2ClH/c1-15-18(16(2)24-21-20(15)22(29)25-26(21)3)9-10-19(28)27(14-12-23)13-11-17-7-5-4-6-8-17;;/h4-8H,9-14,23H2,1-3H3,(H,25,29);2*1H. The van der Waals surface area contributed by atoms with Crippen LogP contribution < -0.4 is 11.3 Å². The van der Waals surface area contributed by atoms with Gasteiger partial charge in [-0.05, 0) is 43.4 Å². The summed E-state index contributed by atoms with van der Waals surface area (Å²) < 4.78 is 1.64. The van der Waals surface area contributed by atoms with Crippen molar-refractivity contribution in [2.45, 2.75) is 33.1 Å². The van der Waals surface area contributed by atoms with Gasteiger partial charge in [0.1, 0.15) is 0 Å². The molecule has 0 saturated carbocycles. The number of rotatable bonds is 8. The average Bonchev–Trinajstić information content (AvgIpc) is 2.98. The van der Waals surface area contributed by atoms with Gasteiger partial charge in [-0.25, -0.2) is 4.98 Å². The van der Waals surface area contributed by atoms with Crippen LogP contribution >= 0.6 is 24.8 Å². The number of nitrogens with two attached hydrogens (primary N) is 1. The lowest BCUT2D eigenvalue weighted by Gasteiger charge is -2.22. The molecule has 7 nitrogen and oxygen atoms in total. The maximum Gasteiger partial charge on any atom is 0.273 e. The highest BCUT2D eigenvalue weighted by Crippen LogP contribution is 2.21. The van der Waals surface area contributed by atoms with Crippen LogP contribution in [0.3, 0.4) is 0 Å². The monoisotopic (exact) mass is 467 g/mol. The van der Waals surface area contributed by atoms with E-state index in [-0.39, 0.29) is 36.3 Å². The highest BCUT2D eigenvalue weighted by atomic mass is 35.5. The molecule has 2 aromatic heterocycles. The minimum absolute atomic E-state index is 0. The third-order valence-electron chi connectivity index (χ3n) is 5.43. The van der Waals surface area contributed by atoms with Gasteiger partial charge in [0.05, 0.1) is 5.39 Å². The van der Waals surface area contributed by atoms with Crippen LogP contribution in [0, 0.1) is 13.8 Å². The predicted octanol–water partition coefficient (Wildman–Crippen LogP) is 2.68. The summed E-state index contributed by atoms with van der Waals surface area (Å²) in [6, 6.07) is 10.1. The molecule has 9 heteroatoms. The quantitative estimate of drug-likeness (QED) is 0.531. The number of amides is 1. The van der Waals surface area contributed by atoms with E-state index in [0.717, 1.165) is 23.2 Å². The molecule has 31 heavy (non-hydrogen) atoms. The molecule has 1 amide bonds. The number of H-pyrrole nitrogens is 1. The molecule has 0 aliphatic carbocycles.